The summed E-state index contributed by atoms with van der Waals surface area (Å²) in [5.41, 5.74) is 10.8. The van der Waals surface area contributed by atoms with Crippen molar-refractivity contribution in [3.63, 3.8) is 0 Å². The minimum absolute atomic E-state index is 0.154. The average molecular weight is 368 g/mol. The number of hydrogen-bond acceptors (Lipinski definition) is 5. The number of ether oxygens (including phenoxy) is 2. The third-order valence-corrected chi connectivity index (χ3v) is 6.86. The fourth-order valence-electron chi connectivity index (χ4n) is 5.70. The van der Waals surface area contributed by atoms with Crippen LogP contribution in [-0.2, 0) is 11.8 Å². The molecule has 0 saturated carbocycles. The molecule has 7 heteroatoms. The van der Waals surface area contributed by atoms with Crippen molar-refractivity contribution in [1.29, 1.82) is 0 Å². The first kappa shape index (κ1) is 16.9. The van der Waals surface area contributed by atoms with Crippen LogP contribution in [0.3, 0.4) is 0 Å². The van der Waals surface area contributed by atoms with Crippen LogP contribution < -0.4 is 9.47 Å². The molecule has 2 aliphatic carbocycles. The smallest absolute Gasteiger partial charge is 0.165 e. The summed E-state index contributed by atoms with van der Waals surface area (Å²) in [4.78, 5) is 5.22. The van der Waals surface area contributed by atoms with E-state index in [9.17, 15) is 5.11 Å². The van der Waals surface area contributed by atoms with Crippen molar-refractivity contribution in [3.8, 4) is 11.5 Å². The summed E-state index contributed by atoms with van der Waals surface area (Å²) in [7, 11) is 2.20. The molecule has 1 saturated heterocycles. The standard InChI is InChI=1S/C20H24N4O3/c1-24-9-7-20-13-4-5-15(25)19(20)27-18-16(26-10-2-8-22-23-21)6-3-12(17(18)20)11-14(13)24/h3-6,13-15,19,25H,2,7-11H2,1H3/t13-,14+,15-,19-,20-/m0/s1. The highest BCUT2D eigenvalue weighted by Gasteiger charge is 2.64. The van der Waals surface area contributed by atoms with E-state index in [-0.39, 0.29) is 11.5 Å². The molecule has 5 rings (SSSR count). The Morgan fingerprint density at radius 2 is 2.33 bits per heavy atom. The van der Waals surface area contributed by atoms with Gasteiger partial charge in [0.25, 0.3) is 0 Å². The molecule has 1 aromatic carbocycles. The second-order valence-electron chi connectivity index (χ2n) is 8.07. The number of aliphatic hydroxyl groups excluding tert-OH is 1. The Balaban J connectivity index is 1.55. The molecule has 4 aliphatic rings. The molecule has 0 unspecified atom stereocenters. The molecule has 2 heterocycles. The van der Waals surface area contributed by atoms with Gasteiger partial charge < -0.3 is 19.5 Å². The van der Waals surface area contributed by atoms with Gasteiger partial charge in [0.15, 0.2) is 11.5 Å². The van der Waals surface area contributed by atoms with Crippen molar-refractivity contribution >= 4 is 0 Å². The van der Waals surface area contributed by atoms with Gasteiger partial charge in [-0.15, -0.1) is 0 Å². The van der Waals surface area contributed by atoms with E-state index in [1.54, 1.807) is 0 Å². The average Bonchev–Trinajstić information content (AvgIpc) is 3.02. The van der Waals surface area contributed by atoms with E-state index >= 15 is 0 Å². The summed E-state index contributed by atoms with van der Waals surface area (Å²) >= 11 is 0. The Morgan fingerprint density at radius 3 is 3.19 bits per heavy atom. The number of likely N-dealkylation sites (tertiary alicyclic amines) is 1. The van der Waals surface area contributed by atoms with Crippen LogP contribution in [0, 0.1) is 5.92 Å². The number of nitrogens with zero attached hydrogens (tertiary/aromatic N) is 4. The fraction of sp³-hybridized carbons (Fsp3) is 0.600. The number of aliphatic hydroxyl groups is 1. The third kappa shape index (κ3) is 2.25. The van der Waals surface area contributed by atoms with Gasteiger partial charge in [-0.05, 0) is 50.0 Å². The topological polar surface area (TPSA) is 90.7 Å². The number of piperidine rings is 1. The van der Waals surface area contributed by atoms with Crippen LogP contribution in [0.5, 0.6) is 11.5 Å². The molecule has 2 bridgehead atoms. The summed E-state index contributed by atoms with van der Waals surface area (Å²) in [5, 5.41) is 14.3. The summed E-state index contributed by atoms with van der Waals surface area (Å²) in [6.07, 6.45) is 5.94. The third-order valence-electron chi connectivity index (χ3n) is 6.86. The van der Waals surface area contributed by atoms with Gasteiger partial charge in [-0.1, -0.05) is 23.3 Å². The Labute approximate surface area is 158 Å². The molecule has 0 aromatic heterocycles. The monoisotopic (exact) mass is 368 g/mol. The Bertz CT molecular complexity index is 850. The predicted octanol–water partition coefficient (Wildman–Crippen LogP) is 2.57. The van der Waals surface area contributed by atoms with Gasteiger partial charge in [0.2, 0.25) is 0 Å². The lowest BCUT2D eigenvalue weighted by molar-refractivity contribution is -0.0454. The zero-order chi connectivity index (χ0) is 18.6. The molecule has 1 spiro atoms. The Kier molecular flexibility index (Phi) is 3.86. The summed E-state index contributed by atoms with van der Waals surface area (Å²) in [5.74, 6) is 1.91. The molecule has 5 atom stereocenters. The van der Waals surface area contributed by atoms with Crippen LogP contribution in [0.25, 0.3) is 10.4 Å². The lowest BCUT2D eigenvalue weighted by Gasteiger charge is -2.56. The number of hydrogen-bond donors (Lipinski definition) is 1. The molecule has 1 fully saturated rings. The van der Waals surface area contributed by atoms with Gasteiger partial charge in [0, 0.05) is 34.4 Å². The van der Waals surface area contributed by atoms with Gasteiger partial charge in [-0.3, -0.25) is 0 Å². The lowest BCUT2D eigenvalue weighted by Crippen LogP contribution is -2.64. The Morgan fingerprint density at radius 1 is 1.44 bits per heavy atom. The van der Waals surface area contributed by atoms with Crippen LogP contribution in [0.4, 0.5) is 0 Å². The van der Waals surface area contributed by atoms with E-state index in [2.05, 4.69) is 34.1 Å². The molecule has 7 nitrogen and oxygen atoms in total. The van der Waals surface area contributed by atoms with Gasteiger partial charge in [-0.2, -0.15) is 0 Å². The SMILES string of the molecule is CN1CC[C@]23c4c5ccc(OCCCN=[N+]=[N-])c4O[C@H]2[C@@H](O)C=C[C@H]3[C@H]1C5. The minimum Gasteiger partial charge on any atom is -0.490 e. The quantitative estimate of drug-likeness (QED) is 0.284. The van der Waals surface area contributed by atoms with E-state index in [0.29, 0.717) is 31.5 Å². The maximum atomic E-state index is 10.7. The van der Waals surface area contributed by atoms with Crippen LogP contribution >= 0.6 is 0 Å². The molecule has 27 heavy (non-hydrogen) atoms. The first-order valence-electron chi connectivity index (χ1n) is 9.70. The van der Waals surface area contributed by atoms with Gasteiger partial charge in [0.1, 0.15) is 12.2 Å². The Hall–Kier alpha value is -2.21. The summed E-state index contributed by atoms with van der Waals surface area (Å²) in [6, 6.07) is 4.61. The normalized spacial score (nSPS) is 35.2. The minimum atomic E-state index is -0.596. The number of benzene rings is 1. The fourth-order valence-corrected chi connectivity index (χ4v) is 5.70. The highest BCUT2D eigenvalue weighted by molar-refractivity contribution is 5.62. The van der Waals surface area contributed by atoms with Crippen molar-refractivity contribution in [1.82, 2.24) is 4.90 Å². The predicted molar refractivity (Wildman–Crippen MR) is 100 cm³/mol. The molecule has 0 radical (unpaired) electrons. The van der Waals surface area contributed by atoms with E-state index in [4.69, 9.17) is 15.0 Å². The highest BCUT2D eigenvalue weighted by Crippen LogP contribution is 2.62. The second-order valence-corrected chi connectivity index (χ2v) is 8.07. The molecular formula is C20H24N4O3. The van der Waals surface area contributed by atoms with Crippen molar-refractivity contribution in [2.45, 2.75) is 42.9 Å². The highest BCUT2D eigenvalue weighted by atomic mass is 16.5. The van der Waals surface area contributed by atoms with Crippen molar-refractivity contribution in [3.05, 3.63) is 45.9 Å². The molecule has 1 aromatic rings. The number of likely N-dealkylation sites (N-methyl/N-ethyl adjacent to an activating group) is 1. The van der Waals surface area contributed by atoms with Crippen LogP contribution in [0.15, 0.2) is 29.4 Å². The van der Waals surface area contributed by atoms with Gasteiger partial charge >= 0.3 is 0 Å². The van der Waals surface area contributed by atoms with E-state index in [0.717, 1.165) is 30.9 Å². The van der Waals surface area contributed by atoms with Crippen molar-refractivity contribution < 1.29 is 14.6 Å². The molecular weight excluding hydrogens is 344 g/mol. The van der Waals surface area contributed by atoms with E-state index < -0.39 is 6.10 Å². The summed E-state index contributed by atoms with van der Waals surface area (Å²) < 4.78 is 12.4. The van der Waals surface area contributed by atoms with Crippen LogP contribution in [-0.4, -0.2) is 55.0 Å². The first-order valence-corrected chi connectivity index (χ1v) is 9.70. The molecule has 142 valence electrons. The van der Waals surface area contributed by atoms with Gasteiger partial charge in [0.05, 0.1) is 6.61 Å². The zero-order valence-corrected chi connectivity index (χ0v) is 15.4. The maximum Gasteiger partial charge on any atom is 0.165 e. The van der Waals surface area contributed by atoms with E-state index in [1.165, 1.54) is 11.1 Å². The van der Waals surface area contributed by atoms with Crippen LogP contribution in [0.1, 0.15) is 24.0 Å². The summed E-state index contributed by atoms with van der Waals surface area (Å²) in [6.45, 7) is 1.90. The molecule has 0 amide bonds. The van der Waals surface area contributed by atoms with Crippen molar-refractivity contribution in [2.24, 2.45) is 11.0 Å². The van der Waals surface area contributed by atoms with Crippen molar-refractivity contribution in [2.75, 3.05) is 26.7 Å². The van der Waals surface area contributed by atoms with E-state index in [1.807, 2.05) is 12.1 Å². The largest absolute Gasteiger partial charge is 0.490 e. The molecule has 1 N–H and O–H groups in total. The first-order chi connectivity index (χ1) is 13.2. The maximum absolute atomic E-state index is 10.7. The lowest BCUT2D eigenvalue weighted by atomic mass is 9.53. The van der Waals surface area contributed by atoms with Gasteiger partial charge in [-0.25, -0.2) is 0 Å². The number of azide groups is 1. The number of rotatable bonds is 5. The van der Waals surface area contributed by atoms with Crippen LogP contribution in [0.2, 0.25) is 0 Å². The second kappa shape index (κ2) is 6.16. The zero-order valence-electron chi connectivity index (χ0n) is 15.4. The molecule has 2 aliphatic heterocycles.